The second-order valence-electron chi connectivity index (χ2n) is 5.21. The standard InChI is InChI=1S/C15H20N2O4/c1-21-13-6-2-5-12(9-13)16-15(20)17-7-3-4-11(10-17)8-14(18)19/h2,5-6,9,11H,3-4,7-8,10H2,1H3,(H,16,20)(H,18,19). The number of carboxylic acid groups (broad SMARTS) is 1. The van der Waals surface area contributed by atoms with Crippen molar-refractivity contribution >= 4 is 17.7 Å². The van der Waals surface area contributed by atoms with Crippen LogP contribution >= 0.6 is 0 Å². The minimum atomic E-state index is -0.810. The fourth-order valence-corrected chi connectivity index (χ4v) is 2.57. The molecule has 2 rings (SSSR count). The van der Waals surface area contributed by atoms with Crippen molar-refractivity contribution in [1.82, 2.24) is 4.90 Å². The Morgan fingerprint density at radius 1 is 1.48 bits per heavy atom. The number of hydrogen-bond donors (Lipinski definition) is 2. The third-order valence-electron chi connectivity index (χ3n) is 3.59. The van der Waals surface area contributed by atoms with Crippen LogP contribution in [0.25, 0.3) is 0 Å². The van der Waals surface area contributed by atoms with Gasteiger partial charge < -0.3 is 20.1 Å². The van der Waals surface area contributed by atoms with Crippen molar-refractivity contribution in [3.05, 3.63) is 24.3 Å². The summed E-state index contributed by atoms with van der Waals surface area (Å²) in [5, 5.41) is 11.7. The van der Waals surface area contributed by atoms with E-state index in [2.05, 4.69) is 5.32 Å². The first-order valence-corrected chi connectivity index (χ1v) is 7.00. The molecule has 1 heterocycles. The van der Waals surface area contributed by atoms with Crippen LogP contribution in [-0.2, 0) is 4.79 Å². The monoisotopic (exact) mass is 292 g/mol. The molecule has 0 saturated carbocycles. The molecular weight excluding hydrogens is 272 g/mol. The van der Waals surface area contributed by atoms with E-state index in [0.717, 1.165) is 12.8 Å². The van der Waals surface area contributed by atoms with E-state index >= 15 is 0 Å². The number of carbonyl (C=O) groups excluding carboxylic acids is 1. The number of likely N-dealkylation sites (tertiary alicyclic amines) is 1. The van der Waals surface area contributed by atoms with Gasteiger partial charge >= 0.3 is 12.0 Å². The summed E-state index contributed by atoms with van der Waals surface area (Å²) in [6.45, 7) is 1.15. The van der Waals surface area contributed by atoms with Crippen LogP contribution < -0.4 is 10.1 Å². The quantitative estimate of drug-likeness (QED) is 0.893. The van der Waals surface area contributed by atoms with Gasteiger partial charge in [-0.2, -0.15) is 0 Å². The Labute approximate surface area is 123 Å². The molecule has 0 bridgehead atoms. The maximum absolute atomic E-state index is 12.2. The highest BCUT2D eigenvalue weighted by atomic mass is 16.5. The number of hydrogen-bond acceptors (Lipinski definition) is 3. The van der Waals surface area contributed by atoms with Crippen LogP contribution in [0, 0.1) is 5.92 Å². The maximum Gasteiger partial charge on any atom is 0.321 e. The minimum Gasteiger partial charge on any atom is -0.497 e. The van der Waals surface area contributed by atoms with Gasteiger partial charge in [0.2, 0.25) is 0 Å². The van der Waals surface area contributed by atoms with E-state index in [0.29, 0.717) is 24.5 Å². The van der Waals surface area contributed by atoms with Crippen LogP contribution in [0.15, 0.2) is 24.3 Å². The van der Waals surface area contributed by atoms with Crippen molar-refractivity contribution in [3.8, 4) is 5.75 Å². The van der Waals surface area contributed by atoms with E-state index in [9.17, 15) is 9.59 Å². The summed E-state index contributed by atoms with van der Waals surface area (Å²) >= 11 is 0. The predicted molar refractivity (Wildman–Crippen MR) is 78.6 cm³/mol. The highest BCUT2D eigenvalue weighted by Crippen LogP contribution is 2.21. The molecule has 1 aromatic carbocycles. The fourth-order valence-electron chi connectivity index (χ4n) is 2.57. The Morgan fingerprint density at radius 2 is 2.29 bits per heavy atom. The van der Waals surface area contributed by atoms with Crippen molar-refractivity contribution in [1.29, 1.82) is 0 Å². The summed E-state index contributed by atoms with van der Waals surface area (Å²) in [6.07, 6.45) is 1.81. The Balaban J connectivity index is 1.94. The Morgan fingerprint density at radius 3 is 3.00 bits per heavy atom. The van der Waals surface area contributed by atoms with E-state index in [1.165, 1.54) is 0 Å². The number of rotatable bonds is 4. The lowest BCUT2D eigenvalue weighted by Gasteiger charge is -2.32. The van der Waals surface area contributed by atoms with Gasteiger partial charge in [0.1, 0.15) is 5.75 Å². The first-order chi connectivity index (χ1) is 10.1. The van der Waals surface area contributed by atoms with Crippen molar-refractivity contribution in [2.75, 3.05) is 25.5 Å². The average Bonchev–Trinajstić information content (AvgIpc) is 2.47. The van der Waals surface area contributed by atoms with Crippen LogP contribution in [0.4, 0.5) is 10.5 Å². The van der Waals surface area contributed by atoms with Crippen LogP contribution in [0.1, 0.15) is 19.3 Å². The van der Waals surface area contributed by atoms with Gasteiger partial charge in [0.25, 0.3) is 0 Å². The summed E-state index contributed by atoms with van der Waals surface area (Å²) in [4.78, 5) is 24.7. The molecule has 6 nitrogen and oxygen atoms in total. The second kappa shape index (κ2) is 6.97. The van der Waals surface area contributed by atoms with Crippen LogP contribution in [0.2, 0.25) is 0 Å². The summed E-state index contributed by atoms with van der Waals surface area (Å²) < 4.78 is 5.11. The lowest BCUT2D eigenvalue weighted by Crippen LogP contribution is -2.42. The summed E-state index contributed by atoms with van der Waals surface area (Å²) in [6, 6.07) is 6.95. The van der Waals surface area contributed by atoms with Gasteiger partial charge in [-0.1, -0.05) is 6.07 Å². The SMILES string of the molecule is COc1cccc(NC(=O)N2CCCC(CC(=O)O)C2)c1. The van der Waals surface area contributed by atoms with Gasteiger partial charge in [0.15, 0.2) is 0 Å². The molecule has 6 heteroatoms. The number of urea groups is 1. The molecule has 1 aliphatic rings. The molecule has 2 amide bonds. The molecule has 21 heavy (non-hydrogen) atoms. The highest BCUT2D eigenvalue weighted by Gasteiger charge is 2.25. The largest absolute Gasteiger partial charge is 0.497 e. The number of nitrogens with one attached hydrogen (secondary N) is 1. The maximum atomic E-state index is 12.2. The Kier molecular flexibility index (Phi) is 5.03. The van der Waals surface area contributed by atoms with Crippen LogP contribution in [-0.4, -0.2) is 42.2 Å². The van der Waals surface area contributed by atoms with E-state index in [1.807, 2.05) is 0 Å². The lowest BCUT2D eigenvalue weighted by atomic mass is 9.95. The van der Waals surface area contributed by atoms with Crippen molar-refractivity contribution < 1.29 is 19.4 Å². The zero-order valence-corrected chi connectivity index (χ0v) is 12.0. The Hall–Kier alpha value is -2.24. The molecule has 0 spiro atoms. The number of piperidine rings is 1. The number of carboxylic acids is 1. The normalized spacial score (nSPS) is 18.1. The van der Waals surface area contributed by atoms with E-state index < -0.39 is 5.97 Å². The van der Waals surface area contributed by atoms with Crippen molar-refractivity contribution in [3.63, 3.8) is 0 Å². The number of carbonyl (C=O) groups is 2. The number of ether oxygens (including phenoxy) is 1. The molecule has 0 radical (unpaired) electrons. The second-order valence-corrected chi connectivity index (χ2v) is 5.21. The molecule has 1 saturated heterocycles. The Bertz CT molecular complexity index is 518. The molecule has 114 valence electrons. The summed E-state index contributed by atoms with van der Waals surface area (Å²) in [7, 11) is 1.57. The zero-order chi connectivity index (χ0) is 15.2. The van der Waals surface area contributed by atoms with Crippen LogP contribution in [0.3, 0.4) is 0 Å². The van der Waals surface area contributed by atoms with Crippen molar-refractivity contribution in [2.45, 2.75) is 19.3 Å². The predicted octanol–water partition coefficient (Wildman–Crippen LogP) is 2.41. The summed E-state index contributed by atoms with van der Waals surface area (Å²) in [5.74, 6) is -0.0995. The van der Waals surface area contributed by atoms with Gasteiger partial charge in [-0.15, -0.1) is 0 Å². The van der Waals surface area contributed by atoms with Gasteiger partial charge in [0, 0.05) is 31.3 Å². The number of amides is 2. The third kappa shape index (κ3) is 4.37. The molecule has 1 atom stereocenters. The molecule has 1 aromatic rings. The molecule has 0 aliphatic carbocycles. The third-order valence-corrected chi connectivity index (χ3v) is 3.59. The smallest absolute Gasteiger partial charge is 0.321 e. The number of anilines is 1. The first-order valence-electron chi connectivity index (χ1n) is 7.00. The van der Waals surface area contributed by atoms with Gasteiger partial charge in [-0.05, 0) is 30.9 Å². The van der Waals surface area contributed by atoms with Gasteiger partial charge in [-0.3, -0.25) is 4.79 Å². The fraction of sp³-hybridized carbons (Fsp3) is 0.467. The molecule has 0 aromatic heterocycles. The average molecular weight is 292 g/mol. The zero-order valence-electron chi connectivity index (χ0n) is 12.0. The van der Waals surface area contributed by atoms with Crippen molar-refractivity contribution in [2.24, 2.45) is 5.92 Å². The molecule has 1 fully saturated rings. The molecule has 2 N–H and O–H groups in total. The topological polar surface area (TPSA) is 78.9 Å². The molecular formula is C15H20N2O4. The highest BCUT2D eigenvalue weighted by molar-refractivity contribution is 5.89. The minimum absolute atomic E-state index is 0.0345. The summed E-state index contributed by atoms with van der Waals surface area (Å²) in [5.41, 5.74) is 0.666. The van der Waals surface area contributed by atoms with Crippen LogP contribution in [0.5, 0.6) is 5.75 Å². The van der Waals surface area contributed by atoms with E-state index in [1.54, 1.807) is 36.3 Å². The number of methoxy groups -OCH3 is 1. The van der Waals surface area contributed by atoms with E-state index in [-0.39, 0.29) is 18.4 Å². The van der Waals surface area contributed by atoms with E-state index in [4.69, 9.17) is 9.84 Å². The van der Waals surface area contributed by atoms with Gasteiger partial charge in [0.05, 0.1) is 7.11 Å². The first kappa shape index (κ1) is 15.2. The lowest BCUT2D eigenvalue weighted by molar-refractivity contribution is -0.138. The number of aliphatic carboxylic acids is 1. The number of benzene rings is 1. The number of nitrogens with zero attached hydrogens (tertiary/aromatic N) is 1. The molecule has 1 unspecified atom stereocenters. The molecule has 1 aliphatic heterocycles. The van der Waals surface area contributed by atoms with Gasteiger partial charge in [-0.25, -0.2) is 4.79 Å².